The van der Waals surface area contributed by atoms with Crippen molar-refractivity contribution in [1.29, 1.82) is 0 Å². The predicted octanol–water partition coefficient (Wildman–Crippen LogP) is 10.1. The predicted molar refractivity (Wildman–Crippen MR) is 212 cm³/mol. The van der Waals surface area contributed by atoms with Crippen molar-refractivity contribution in [2.75, 3.05) is 5.32 Å². The lowest BCUT2D eigenvalue weighted by Crippen LogP contribution is -2.83. The number of anilines is 1. The molecule has 53 heavy (non-hydrogen) atoms. The van der Waals surface area contributed by atoms with Crippen molar-refractivity contribution in [1.82, 2.24) is 0 Å². The molecular formula is C48H59N2O3+. The Morgan fingerprint density at radius 3 is 1.98 bits per heavy atom. The summed E-state index contributed by atoms with van der Waals surface area (Å²) in [6, 6.07) is 21.4. The summed E-state index contributed by atoms with van der Waals surface area (Å²) in [5, 5.41) is 16.3. The number of fused-ring (bicyclic) bond motifs is 6. The maximum atomic E-state index is 12.5. The molecule has 0 spiro atoms. The number of rotatable bonds is 5. The van der Waals surface area contributed by atoms with Gasteiger partial charge in [-0.05, 0) is 129 Å². The average Bonchev–Trinajstić information content (AvgIpc) is 3.18. The molecule has 0 saturated heterocycles. The zero-order chi connectivity index (χ0) is 35.5. The Bertz CT molecular complexity index is 2010. The third-order valence-corrected chi connectivity index (χ3v) is 15.7. The highest BCUT2D eigenvalue weighted by Gasteiger charge is 2.43. The van der Waals surface area contributed by atoms with Crippen LogP contribution in [0.3, 0.4) is 0 Å². The van der Waals surface area contributed by atoms with E-state index in [-0.39, 0.29) is 0 Å². The van der Waals surface area contributed by atoms with E-state index in [1.54, 1.807) is 6.07 Å². The summed E-state index contributed by atoms with van der Waals surface area (Å²) in [6.45, 7) is 0. The average molecular weight is 712 g/mol. The van der Waals surface area contributed by atoms with Crippen LogP contribution in [-0.2, 0) is 0 Å². The molecule has 278 valence electrons. The van der Waals surface area contributed by atoms with Gasteiger partial charge in [0.1, 0.15) is 11.3 Å². The lowest BCUT2D eigenvalue weighted by molar-refractivity contribution is -0.550. The minimum Gasteiger partial charge on any atom is -0.478 e. The molecule has 0 bridgehead atoms. The van der Waals surface area contributed by atoms with Crippen LogP contribution in [0, 0.1) is 47.3 Å². The third-order valence-electron chi connectivity index (χ3n) is 15.7. The van der Waals surface area contributed by atoms with Crippen LogP contribution >= 0.6 is 0 Å². The highest BCUT2D eigenvalue weighted by molar-refractivity contribution is 6.07. The van der Waals surface area contributed by atoms with Gasteiger partial charge in [0.05, 0.1) is 11.6 Å². The van der Waals surface area contributed by atoms with Gasteiger partial charge in [0.25, 0.3) is 0 Å². The zero-order valence-corrected chi connectivity index (χ0v) is 31.5. The van der Waals surface area contributed by atoms with Crippen LogP contribution in [0.4, 0.5) is 5.69 Å². The quantitative estimate of drug-likeness (QED) is 0.180. The number of nitrogens with one attached hydrogen (secondary N) is 2. The van der Waals surface area contributed by atoms with Crippen LogP contribution in [0.2, 0.25) is 0 Å². The van der Waals surface area contributed by atoms with E-state index < -0.39 is 5.97 Å². The molecule has 6 saturated carbocycles. The molecule has 3 N–H and O–H groups in total. The summed E-state index contributed by atoms with van der Waals surface area (Å²) >= 11 is 0. The lowest BCUT2D eigenvalue weighted by Gasteiger charge is -2.47. The van der Waals surface area contributed by atoms with E-state index in [1.807, 2.05) is 18.2 Å². The lowest BCUT2D eigenvalue weighted by atomic mass is 9.59. The standard InChI is InChI=1S/C48H58N2O3/c51-48(52)42-12-6-5-11-41(42)47-43-19-17-39(49-37-15-13-33-21-29-7-1-3-9-31(29)23-35(33)25-37)27-45(43)53-46-28-40(18-20-44(46)47)50-38-16-14-34-22-30-8-2-4-10-32(30)24-36(34)26-38/h5-6,11-12,17-20,27-38,49H,1-4,7-10,13-16,21-26H2,(H,51,52)/p+1. The zero-order valence-electron chi connectivity index (χ0n) is 31.5. The minimum atomic E-state index is -0.907. The van der Waals surface area contributed by atoms with Gasteiger partial charge in [-0.15, -0.1) is 0 Å². The van der Waals surface area contributed by atoms with E-state index in [0.717, 1.165) is 91.8 Å². The van der Waals surface area contributed by atoms with Gasteiger partial charge in [-0.25, -0.2) is 9.79 Å². The normalized spacial score (nSPS) is 34.5. The largest absolute Gasteiger partial charge is 0.478 e. The maximum Gasteiger partial charge on any atom is 0.336 e. The molecule has 0 amide bonds. The van der Waals surface area contributed by atoms with Gasteiger partial charge in [-0.3, -0.25) is 0 Å². The Morgan fingerprint density at radius 1 is 0.623 bits per heavy atom. The van der Waals surface area contributed by atoms with E-state index in [9.17, 15) is 9.90 Å². The summed E-state index contributed by atoms with van der Waals surface area (Å²) in [5.74, 6) is 7.39. The molecule has 1 heterocycles. The van der Waals surface area contributed by atoms with E-state index in [1.165, 1.54) is 116 Å². The summed E-state index contributed by atoms with van der Waals surface area (Å²) in [4.78, 5) is 16.5. The summed E-state index contributed by atoms with van der Waals surface area (Å²) < 4.78 is 6.83. The van der Waals surface area contributed by atoms with Crippen molar-refractivity contribution in [3.05, 3.63) is 71.6 Å². The van der Waals surface area contributed by atoms with E-state index in [2.05, 4.69) is 46.7 Å². The van der Waals surface area contributed by atoms with Gasteiger partial charge >= 0.3 is 5.97 Å². The first-order valence-corrected chi connectivity index (χ1v) is 21.7. The monoisotopic (exact) mass is 711 g/mol. The van der Waals surface area contributed by atoms with Crippen LogP contribution in [0.15, 0.2) is 65.1 Å². The second-order valence-corrected chi connectivity index (χ2v) is 18.7. The highest BCUT2D eigenvalue weighted by atomic mass is 16.4. The Morgan fingerprint density at radius 2 is 1.26 bits per heavy atom. The van der Waals surface area contributed by atoms with E-state index in [4.69, 9.17) is 4.42 Å². The van der Waals surface area contributed by atoms with Gasteiger partial charge in [-0.1, -0.05) is 69.6 Å². The molecular weight excluding hydrogens is 653 g/mol. The van der Waals surface area contributed by atoms with Crippen molar-refractivity contribution in [2.45, 2.75) is 128 Å². The number of hydrogen-bond acceptors (Lipinski definition) is 3. The Kier molecular flexibility index (Phi) is 9.11. The molecule has 5 nitrogen and oxygen atoms in total. The smallest absolute Gasteiger partial charge is 0.336 e. The highest BCUT2D eigenvalue weighted by Crippen LogP contribution is 2.51. The van der Waals surface area contributed by atoms with Gasteiger partial charge < -0.3 is 14.8 Å². The minimum absolute atomic E-state index is 0.319. The molecule has 7 aliphatic carbocycles. The first-order valence-electron chi connectivity index (χ1n) is 21.7. The summed E-state index contributed by atoms with van der Waals surface area (Å²) in [6.07, 6.45) is 25.2. The molecule has 2 aromatic rings. The van der Waals surface area contributed by atoms with Crippen molar-refractivity contribution in [3.8, 4) is 22.5 Å². The van der Waals surface area contributed by atoms with Gasteiger partial charge in [-0.2, -0.15) is 0 Å². The van der Waals surface area contributed by atoms with Crippen molar-refractivity contribution >= 4 is 22.6 Å². The summed E-state index contributed by atoms with van der Waals surface area (Å²) in [5.41, 5.74) is 4.85. The first-order chi connectivity index (χ1) is 26.0. The fraction of sp³-hybridized carbons (Fsp3) is 0.583. The number of benzene rings is 3. The molecule has 2 aromatic carbocycles. The van der Waals surface area contributed by atoms with Gasteiger partial charge in [0, 0.05) is 53.2 Å². The van der Waals surface area contributed by atoms with Crippen molar-refractivity contribution in [3.63, 3.8) is 0 Å². The summed E-state index contributed by atoms with van der Waals surface area (Å²) in [7, 11) is 0. The van der Waals surface area contributed by atoms with Gasteiger partial charge in [0.2, 0.25) is 5.36 Å². The van der Waals surface area contributed by atoms with Crippen LogP contribution in [-0.4, -0.2) is 23.2 Å². The number of aromatic carboxylic acids is 1. The Labute approximate surface area is 315 Å². The molecule has 6 fully saturated rings. The molecule has 0 aromatic heterocycles. The van der Waals surface area contributed by atoms with Crippen LogP contribution in [0.5, 0.6) is 0 Å². The fourth-order valence-electron chi connectivity index (χ4n) is 13.2. The van der Waals surface area contributed by atoms with Crippen molar-refractivity contribution < 1.29 is 19.3 Å². The second-order valence-electron chi connectivity index (χ2n) is 18.7. The third kappa shape index (κ3) is 6.63. The molecule has 10 atom stereocenters. The number of carboxylic acid groups (broad SMARTS) is 1. The van der Waals surface area contributed by atoms with Crippen LogP contribution in [0.1, 0.15) is 126 Å². The topological polar surface area (TPSA) is 76.4 Å². The number of carbonyl (C=O) groups is 1. The molecule has 10 unspecified atom stereocenters. The SMILES string of the molecule is O=C(O)c1ccccc1-c1c2ccc(=[NH+]C3CCC4CC5CCCCC5CC4C3)cc-2oc2cc(NC3CCC4CC5CCCCC5CC4C3)ccc12. The number of carboxylic acids is 1. The first kappa shape index (κ1) is 33.9. The molecule has 10 rings (SSSR count). The van der Waals surface area contributed by atoms with Crippen molar-refractivity contribution in [2.24, 2.45) is 47.3 Å². The Balaban J connectivity index is 0.963. The molecule has 8 aliphatic rings. The van der Waals surface area contributed by atoms with Gasteiger partial charge in [0.15, 0.2) is 6.04 Å². The Hall–Kier alpha value is -3.60. The van der Waals surface area contributed by atoms with Crippen LogP contribution in [0.25, 0.3) is 33.4 Å². The second kappa shape index (κ2) is 14.2. The molecule has 1 aliphatic heterocycles. The van der Waals surface area contributed by atoms with E-state index >= 15 is 0 Å². The molecule has 0 radical (unpaired) electrons. The number of hydrogen-bond donors (Lipinski definition) is 3. The molecule has 5 heteroatoms. The van der Waals surface area contributed by atoms with Crippen LogP contribution < -0.4 is 15.7 Å². The fourth-order valence-corrected chi connectivity index (χ4v) is 13.2. The maximum absolute atomic E-state index is 12.5. The van der Waals surface area contributed by atoms with E-state index in [0.29, 0.717) is 17.6 Å².